The monoisotopic (exact) mass is 260 g/mol. The molecule has 3 rings (SSSR count). The molecular weight excluding hydrogens is 248 g/mol. The van der Waals surface area contributed by atoms with Crippen LogP contribution in [0.15, 0.2) is 35.7 Å². The van der Waals surface area contributed by atoms with Gasteiger partial charge in [-0.2, -0.15) is 0 Å². The summed E-state index contributed by atoms with van der Waals surface area (Å²) in [5.41, 5.74) is 1.65. The van der Waals surface area contributed by atoms with Crippen molar-refractivity contribution in [3.8, 4) is 16.9 Å². The van der Waals surface area contributed by atoms with Crippen molar-refractivity contribution >= 4 is 17.3 Å². The summed E-state index contributed by atoms with van der Waals surface area (Å²) in [7, 11) is 0. The van der Waals surface area contributed by atoms with Crippen LogP contribution in [0, 0.1) is 0 Å². The molecule has 0 spiro atoms. The Morgan fingerprint density at radius 1 is 1.33 bits per heavy atom. The quantitative estimate of drug-likeness (QED) is 0.912. The number of thiophene rings is 1. The van der Waals surface area contributed by atoms with E-state index in [1.54, 1.807) is 5.38 Å². The maximum absolute atomic E-state index is 11.1. The average Bonchev–Trinajstić information content (AvgIpc) is 3.03. The van der Waals surface area contributed by atoms with Gasteiger partial charge in [-0.3, -0.25) is 0 Å². The summed E-state index contributed by atoms with van der Waals surface area (Å²) in [6.07, 6.45) is 2.58. The van der Waals surface area contributed by atoms with E-state index in [1.807, 2.05) is 30.3 Å². The normalized spacial score (nSPS) is 14.4. The van der Waals surface area contributed by atoms with Gasteiger partial charge in [-0.15, -0.1) is 11.3 Å². The van der Waals surface area contributed by atoms with Crippen LogP contribution in [-0.2, 0) is 0 Å². The van der Waals surface area contributed by atoms with Crippen molar-refractivity contribution in [2.75, 3.05) is 0 Å². The van der Waals surface area contributed by atoms with Gasteiger partial charge in [0.1, 0.15) is 10.6 Å². The first kappa shape index (κ1) is 11.3. The minimum atomic E-state index is -0.881. The number of benzene rings is 1. The van der Waals surface area contributed by atoms with Gasteiger partial charge in [-0.25, -0.2) is 4.79 Å². The maximum atomic E-state index is 11.1. The van der Waals surface area contributed by atoms with Gasteiger partial charge in [-0.05, 0) is 42.0 Å². The van der Waals surface area contributed by atoms with Gasteiger partial charge in [0, 0.05) is 5.56 Å². The van der Waals surface area contributed by atoms with Crippen LogP contribution in [0.4, 0.5) is 0 Å². The number of rotatable bonds is 4. The average molecular weight is 260 g/mol. The molecule has 0 unspecified atom stereocenters. The number of ether oxygens (including phenoxy) is 1. The van der Waals surface area contributed by atoms with Gasteiger partial charge >= 0.3 is 5.97 Å². The van der Waals surface area contributed by atoms with Crippen molar-refractivity contribution in [2.24, 2.45) is 0 Å². The first-order chi connectivity index (χ1) is 8.74. The van der Waals surface area contributed by atoms with E-state index in [2.05, 4.69) is 0 Å². The largest absolute Gasteiger partial charge is 0.490 e. The molecule has 1 heterocycles. The smallest absolute Gasteiger partial charge is 0.346 e. The summed E-state index contributed by atoms with van der Waals surface area (Å²) in [6.45, 7) is 0. The standard InChI is InChI=1S/C14H12O3S/c15-14(16)13-12(6-7-18-13)9-2-1-3-11(8-9)17-10-4-5-10/h1-3,6-8,10H,4-5H2,(H,15,16). The van der Waals surface area contributed by atoms with E-state index in [-0.39, 0.29) is 0 Å². The zero-order valence-electron chi connectivity index (χ0n) is 9.63. The highest BCUT2D eigenvalue weighted by molar-refractivity contribution is 7.12. The summed E-state index contributed by atoms with van der Waals surface area (Å²) in [6, 6.07) is 9.47. The lowest BCUT2D eigenvalue weighted by Gasteiger charge is -2.06. The zero-order valence-corrected chi connectivity index (χ0v) is 10.4. The van der Waals surface area contributed by atoms with Crippen molar-refractivity contribution in [3.05, 3.63) is 40.6 Å². The van der Waals surface area contributed by atoms with Crippen LogP contribution in [0.3, 0.4) is 0 Å². The van der Waals surface area contributed by atoms with E-state index < -0.39 is 5.97 Å². The molecule has 0 saturated heterocycles. The molecule has 0 amide bonds. The number of carbonyl (C=O) groups is 1. The van der Waals surface area contributed by atoms with Crippen molar-refractivity contribution in [3.63, 3.8) is 0 Å². The molecule has 0 aliphatic heterocycles. The van der Waals surface area contributed by atoms with Crippen LogP contribution < -0.4 is 4.74 Å². The molecule has 1 aromatic carbocycles. The van der Waals surface area contributed by atoms with E-state index >= 15 is 0 Å². The fourth-order valence-corrected chi connectivity index (χ4v) is 2.57. The minimum Gasteiger partial charge on any atom is -0.490 e. The van der Waals surface area contributed by atoms with Crippen molar-refractivity contribution in [1.29, 1.82) is 0 Å². The highest BCUT2D eigenvalue weighted by Crippen LogP contribution is 2.32. The van der Waals surface area contributed by atoms with Crippen molar-refractivity contribution in [2.45, 2.75) is 18.9 Å². The van der Waals surface area contributed by atoms with Crippen molar-refractivity contribution < 1.29 is 14.6 Å². The third-order valence-electron chi connectivity index (χ3n) is 2.83. The maximum Gasteiger partial charge on any atom is 0.346 e. The minimum absolute atomic E-state index is 0.349. The van der Waals surface area contributed by atoms with E-state index in [0.717, 1.165) is 29.7 Å². The third kappa shape index (κ3) is 2.24. The van der Waals surface area contributed by atoms with E-state index in [4.69, 9.17) is 9.84 Å². The molecule has 1 N–H and O–H groups in total. The summed E-state index contributed by atoms with van der Waals surface area (Å²) in [5.74, 6) is -0.0638. The highest BCUT2D eigenvalue weighted by atomic mass is 32.1. The fraction of sp³-hybridized carbons (Fsp3) is 0.214. The molecule has 1 aromatic heterocycles. The second-order valence-electron chi connectivity index (χ2n) is 4.31. The summed E-state index contributed by atoms with van der Waals surface area (Å²) < 4.78 is 5.72. The molecule has 1 fully saturated rings. The topological polar surface area (TPSA) is 46.5 Å². The molecule has 4 heteroatoms. The summed E-state index contributed by atoms with van der Waals surface area (Å²) >= 11 is 1.24. The van der Waals surface area contributed by atoms with Crippen LogP contribution in [0.1, 0.15) is 22.5 Å². The Bertz CT molecular complexity index is 584. The zero-order chi connectivity index (χ0) is 12.5. The van der Waals surface area contributed by atoms with Crippen LogP contribution in [-0.4, -0.2) is 17.2 Å². The summed E-state index contributed by atoms with van der Waals surface area (Å²) in [5, 5.41) is 10.9. The van der Waals surface area contributed by atoms with Crippen LogP contribution in [0.5, 0.6) is 5.75 Å². The lowest BCUT2D eigenvalue weighted by Crippen LogP contribution is -1.97. The lowest BCUT2D eigenvalue weighted by atomic mass is 10.1. The molecule has 0 radical (unpaired) electrons. The molecule has 3 nitrogen and oxygen atoms in total. The Kier molecular flexibility index (Phi) is 2.80. The molecular formula is C14H12O3S. The van der Waals surface area contributed by atoms with E-state index in [9.17, 15) is 4.79 Å². The molecule has 2 aromatic rings. The van der Waals surface area contributed by atoms with Gasteiger partial charge in [-0.1, -0.05) is 12.1 Å². The molecule has 92 valence electrons. The summed E-state index contributed by atoms with van der Waals surface area (Å²) in [4.78, 5) is 11.5. The third-order valence-corrected chi connectivity index (χ3v) is 3.73. The molecule has 1 aliphatic rings. The second kappa shape index (κ2) is 4.46. The number of hydrogen-bond acceptors (Lipinski definition) is 3. The Labute approximate surface area is 109 Å². The first-order valence-electron chi connectivity index (χ1n) is 5.82. The fourth-order valence-electron chi connectivity index (χ4n) is 1.82. The molecule has 0 bridgehead atoms. The predicted molar refractivity (Wildman–Crippen MR) is 70.4 cm³/mol. The highest BCUT2D eigenvalue weighted by Gasteiger charge is 2.23. The number of hydrogen-bond donors (Lipinski definition) is 1. The van der Waals surface area contributed by atoms with E-state index in [0.29, 0.717) is 11.0 Å². The Balaban J connectivity index is 1.94. The predicted octanol–water partition coefficient (Wildman–Crippen LogP) is 3.65. The van der Waals surface area contributed by atoms with Gasteiger partial charge in [0.25, 0.3) is 0 Å². The van der Waals surface area contributed by atoms with Crippen LogP contribution in [0.25, 0.3) is 11.1 Å². The van der Waals surface area contributed by atoms with Gasteiger partial charge in [0.15, 0.2) is 0 Å². The molecule has 0 atom stereocenters. The Hall–Kier alpha value is -1.81. The molecule has 18 heavy (non-hydrogen) atoms. The Morgan fingerprint density at radius 3 is 2.89 bits per heavy atom. The molecule has 1 saturated carbocycles. The SMILES string of the molecule is O=C(O)c1sccc1-c1cccc(OC2CC2)c1. The second-order valence-corrected chi connectivity index (χ2v) is 5.23. The van der Waals surface area contributed by atoms with Gasteiger partial charge in [0.2, 0.25) is 0 Å². The van der Waals surface area contributed by atoms with Gasteiger partial charge in [0.05, 0.1) is 6.10 Å². The van der Waals surface area contributed by atoms with Gasteiger partial charge < -0.3 is 9.84 Å². The van der Waals surface area contributed by atoms with Crippen LogP contribution in [0.2, 0.25) is 0 Å². The number of carboxylic acid groups (broad SMARTS) is 1. The number of aromatic carboxylic acids is 1. The van der Waals surface area contributed by atoms with Crippen molar-refractivity contribution in [1.82, 2.24) is 0 Å². The lowest BCUT2D eigenvalue weighted by molar-refractivity contribution is 0.0703. The van der Waals surface area contributed by atoms with E-state index in [1.165, 1.54) is 11.3 Å². The Morgan fingerprint density at radius 2 is 2.17 bits per heavy atom. The first-order valence-corrected chi connectivity index (χ1v) is 6.70. The molecule has 1 aliphatic carbocycles. The van der Waals surface area contributed by atoms with Crippen LogP contribution >= 0.6 is 11.3 Å². The number of carboxylic acids is 1.